The predicted octanol–water partition coefficient (Wildman–Crippen LogP) is 3.84. The Balaban J connectivity index is 2.85. The fraction of sp³-hybridized carbons (Fsp3) is 0.824. The van der Waals surface area contributed by atoms with Crippen molar-refractivity contribution in [1.29, 1.82) is 0 Å². The van der Waals surface area contributed by atoms with Gasteiger partial charge in [0.2, 0.25) is 41.4 Å². The van der Waals surface area contributed by atoms with Crippen LogP contribution in [-0.4, -0.2) is 167 Å². The summed E-state index contributed by atoms with van der Waals surface area (Å²) >= 11 is 0. The second-order valence-corrected chi connectivity index (χ2v) is 21.7. The van der Waals surface area contributed by atoms with Gasteiger partial charge < -0.3 is 45.2 Å². The topological polar surface area (TPSA) is 215 Å². The van der Waals surface area contributed by atoms with Crippen molar-refractivity contribution in [1.82, 2.24) is 40.4 Å². The zero-order valence-corrected chi connectivity index (χ0v) is 45.5. The SMILES string of the molecule is CCC(C)C1C(=O)OC(C(C)C)C(=O)N(C)C(C)C(=O)N(C)C(CC(C)C)C(=O)N(C)C(C(C)C)C(=O)N2CCCC2C(=O)NC(C(C)C)C(=O)NC(CC)C(C)C(=O)NC(CC(C)C)C(=O)N1C. The lowest BCUT2D eigenvalue weighted by molar-refractivity contribution is -0.172. The highest BCUT2D eigenvalue weighted by Crippen LogP contribution is 2.27. The van der Waals surface area contributed by atoms with Gasteiger partial charge >= 0.3 is 5.97 Å². The summed E-state index contributed by atoms with van der Waals surface area (Å²) in [7, 11) is 5.92. The van der Waals surface area contributed by atoms with Crippen molar-refractivity contribution < 1.29 is 47.9 Å². The molecular formula is C51H90N8O10. The summed E-state index contributed by atoms with van der Waals surface area (Å²) in [5.41, 5.74) is 0. The Morgan fingerprint density at radius 3 is 1.64 bits per heavy atom. The molecule has 2 heterocycles. The highest BCUT2D eigenvalue weighted by atomic mass is 16.6. The fourth-order valence-electron chi connectivity index (χ4n) is 9.48. The molecule has 2 aliphatic heterocycles. The quantitative estimate of drug-likeness (QED) is 0.269. The van der Waals surface area contributed by atoms with Crippen LogP contribution in [0.15, 0.2) is 0 Å². The number of hydrogen-bond acceptors (Lipinski definition) is 10. The first-order valence-electron chi connectivity index (χ1n) is 25.4. The molecule has 2 fully saturated rings. The minimum atomic E-state index is -1.36. The molecule has 0 radical (unpaired) electrons. The maximum absolute atomic E-state index is 14.7. The molecule has 0 bridgehead atoms. The van der Waals surface area contributed by atoms with Crippen LogP contribution in [0.25, 0.3) is 0 Å². The van der Waals surface area contributed by atoms with Crippen molar-refractivity contribution in [3.63, 3.8) is 0 Å². The molecule has 0 aliphatic carbocycles. The molecule has 0 aromatic heterocycles. The number of esters is 1. The van der Waals surface area contributed by atoms with E-state index >= 15 is 0 Å². The van der Waals surface area contributed by atoms with Crippen molar-refractivity contribution in [2.24, 2.45) is 41.4 Å². The maximum atomic E-state index is 14.7. The summed E-state index contributed by atoms with van der Waals surface area (Å²) < 4.78 is 6.04. The minimum Gasteiger partial charge on any atom is -0.450 e. The molecule has 8 amide bonds. The van der Waals surface area contributed by atoms with Gasteiger partial charge in [-0.25, -0.2) is 4.79 Å². The van der Waals surface area contributed by atoms with Gasteiger partial charge in [-0.2, -0.15) is 0 Å². The first kappa shape index (κ1) is 60.4. The standard InChI is InChI=1S/C51H90N8O10/c1-20-32(13)41-51(68)69-42(31(11)12)50(67)55(16)34(15)46(63)56(17)38(26-28(5)6)48(65)57(18)40(30(9)10)49(66)59-24-22-23-37(59)44(61)54-39(29(7)8)45(62)52-35(21-2)33(14)43(60)53-36(25-27(3)4)47(64)58(41)19/h27-42H,20-26H2,1-19H3,(H,52,62)(H,53,60)(H,54,61). The zero-order chi connectivity index (χ0) is 53.1. The van der Waals surface area contributed by atoms with Crippen LogP contribution in [0.4, 0.5) is 0 Å². The number of nitrogens with zero attached hydrogens (tertiary/aromatic N) is 5. The van der Waals surface area contributed by atoms with Gasteiger partial charge in [-0.15, -0.1) is 0 Å². The van der Waals surface area contributed by atoms with E-state index in [0.717, 1.165) is 0 Å². The number of likely N-dealkylation sites (N-methyl/N-ethyl adjacent to an activating group) is 4. The van der Waals surface area contributed by atoms with Crippen LogP contribution in [-0.2, 0) is 47.9 Å². The third-order valence-electron chi connectivity index (χ3n) is 14.2. The molecule has 69 heavy (non-hydrogen) atoms. The van der Waals surface area contributed by atoms with Crippen LogP contribution < -0.4 is 16.0 Å². The number of amides is 8. The van der Waals surface area contributed by atoms with Gasteiger partial charge in [-0.3, -0.25) is 38.4 Å². The van der Waals surface area contributed by atoms with Crippen LogP contribution in [0, 0.1) is 41.4 Å². The number of nitrogens with one attached hydrogen (secondary N) is 3. The number of rotatable bonds is 10. The van der Waals surface area contributed by atoms with E-state index in [9.17, 15) is 43.2 Å². The number of hydrogen-bond donors (Lipinski definition) is 3. The van der Waals surface area contributed by atoms with Crippen LogP contribution in [0.5, 0.6) is 0 Å². The van der Waals surface area contributed by atoms with E-state index in [-0.39, 0.29) is 31.2 Å². The van der Waals surface area contributed by atoms with E-state index < -0.39 is 137 Å². The van der Waals surface area contributed by atoms with Crippen molar-refractivity contribution in [3.8, 4) is 0 Å². The first-order chi connectivity index (χ1) is 32.0. The molecule has 0 saturated carbocycles. The van der Waals surface area contributed by atoms with Crippen LogP contribution in [0.1, 0.15) is 142 Å². The van der Waals surface area contributed by atoms with E-state index in [1.54, 1.807) is 41.5 Å². The Bertz CT molecular complexity index is 1820. The predicted molar refractivity (Wildman–Crippen MR) is 265 cm³/mol. The van der Waals surface area contributed by atoms with Gasteiger partial charge in [0.1, 0.15) is 42.3 Å². The van der Waals surface area contributed by atoms with E-state index in [0.29, 0.717) is 25.7 Å². The largest absolute Gasteiger partial charge is 0.450 e. The molecule has 2 saturated heterocycles. The summed E-state index contributed by atoms with van der Waals surface area (Å²) in [6.07, 6.45) is 0.740. The summed E-state index contributed by atoms with van der Waals surface area (Å²) in [5.74, 6) is -7.84. The van der Waals surface area contributed by atoms with Gasteiger partial charge in [0.15, 0.2) is 6.10 Å². The number of carbonyl (C=O) groups is 9. The number of cyclic esters (lactones) is 1. The minimum absolute atomic E-state index is 0.0627. The number of ether oxygens (including phenoxy) is 1. The van der Waals surface area contributed by atoms with Crippen LogP contribution >= 0.6 is 0 Å². The van der Waals surface area contributed by atoms with Crippen molar-refractivity contribution >= 4 is 53.2 Å². The highest BCUT2D eigenvalue weighted by molar-refractivity contribution is 5.98. The van der Waals surface area contributed by atoms with Crippen LogP contribution in [0.3, 0.4) is 0 Å². The van der Waals surface area contributed by atoms with Gasteiger partial charge in [0, 0.05) is 40.8 Å². The number of fused-ring (bicyclic) bond motifs is 1. The monoisotopic (exact) mass is 975 g/mol. The molecule has 18 heteroatoms. The third-order valence-corrected chi connectivity index (χ3v) is 14.2. The number of carbonyl (C=O) groups excluding carboxylic acids is 9. The summed E-state index contributed by atoms with van der Waals surface area (Å²) in [5, 5.41) is 8.78. The molecule has 18 nitrogen and oxygen atoms in total. The van der Waals surface area contributed by atoms with Gasteiger partial charge in [-0.1, -0.05) is 103 Å². The Hall–Kier alpha value is -4.77. The highest BCUT2D eigenvalue weighted by Gasteiger charge is 2.46. The molecule has 2 rings (SSSR count). The summed E-state index contributed by atoms with van der Waals surface area (Å²) in [6, 6.07) is -8.09. The first-order valence-corrected chi connectivity index (χ1v) is 25.4. The average molecular weight is 975 g/mol. The Labute approximate surface area is 413 Å². The van der Waals surface area contributed by atoms with Crippen molar-refractivity contribution in [2.75, 3.05) is 34.7 Å². The summed E-state index contributed by atoms with van der Waals surface area (Å²) in [6.45, 7) is 27.1. The van der Waals surface area contributed by atoms with E-state index in [2.05, 4.69) is 16.0 Å². The van der Waals surface area contributed by atoms with Gasteiger partial charge in [0.25, 0.3) is 5.91 Å². The maximum Gasteiger partial charge on any atom is 0.329 e. The second kappa shape index (κ2) is 26.4. The molecule has 2 aliphatic rings. The lowest BCUT2D eigenvalue weighted by Gasteiger charge is -2.40. The van der Waals surface area contributed by atoms with Crippen molar-refractivity contribution in [3.05, 3.63) is 0 Å². The smallest absolute Gasteiger partial charge is 0.329 e. The lowest BCUT2D eigenvalue weighted by atomic mass is 9.94. The van der Waals surface area contributed by atoms with Crippen molar-refractivity contribution in [2.45, 2.75) is 197 Å². The third kappa shape index (κ3) is 15.1. The molecule has 0 spiro atoms. The van der Waals surface area contributed by atoms with Crippen LogP contribution in [0.2, 0.25) is 0 Å². The molecule has 3 N–H and O–H groups in total. The molecule has 11 atom stereocenters. The Morgan fingerprint density at radius 1 is 0.580 bits per heavy atom. The lowest BCUT2D eigenvalue weighted by Crippen LogP contribution is -2.61. The Kier molecular flexibility index (Phi) is 23.1. The molecule has 394 valence electrons. The van der Waals surface area contributed by atoms with E-state index in [4.69, 9.17) is 4.74 Å². The zero-order valence-electron chi connectivity index (χ0n) is 45.5. The molecule has 0 aromatic carbocycles. The molecule has 11 unspecified atom stereocenters. The van der Waals surface area contributed by atoms with Gasteiger partial charge in [-0.05, 0) is 74.5 Å². The van der Waals surface area contributed by atoms with Gasteiger partial charge in [0.05, 0.1) is 5.92 Å². The summed E-state index contributed by atoms with van der Waals surface area (Å²) in [4.78, 5) is 136. The second-order valence-electron chi connectivity index (χ2n) is 21.7. The Morgan fingerprint density at radius 2 is 1.14 bits per heavy atom. The van der Waals surface area contributed by atoms with E-state index in [1.807, 2.05) is 55.4 Å². The average Bonchev–Trinajstić information content (AvgIpc) is 3.78. The fourth-order valence-corrected chi connectivity index (χ4v) is 9.48. The molecular weight excluding hydrogens is 885 g/mol. The molecule has 0 aromatic rings. The van der Waals surface area contributed by atoms with E-state index in [1.165, 1.54) is 59.6 Å². The normalized spacial score (nSPS) is 29.4.